The molecule has 1 aromatic heterocycles. The van der Waals surface area contributed by atoms with E-state index in [-0.39, 0.29) is 27.2 Å². The second-order valence-electron chi connectivity index (χ2n) is 3.74. The number of benzene rings is 1. The van der Waals surface area contributed by atoms with Crippen LogP contribution in [0.15, 0.2) is 27.8 Å². The number of aromatic amines is 2. The lowest BCUT2D eigenvalue weighted by Crippen LogP contribution is -2.27. The van der Waals surface area contributed by atoms with Crippen LogP contribution in [0.1, 0.15) is 10.5 Å². The van der Waals surface area contributed by atoms with Crippen molar-refractivity contribution >= 4 is 34.8 Å². The van der Waals surface area contributed by atoms with Crippen LogP contribution >= 0.6 is 23.2 Å². The van der Waals surface area contributed by atoms with Crippen molar-refractivity contribution in [1.29, 1.82) is 0 Å². The van der Waals surface area contributed by atoms with Gasteiger partial charge in [-0.1, -0.05) is 23.2 Å². The van der Waals surface area contributed by atoms with E-state index in [9.17, 15) is 19.5 Å². The van der Waals surface area contributed by atoms with E-state index in [4.69, 9.17) is 23.2 Å². The monoisotopic (exact) mass is 315 g/mol. The Morgan fingerprint density at radius 3 is 2.25 bits per heavy atom. The minimum atomic E-state index is -0.801. The van der Waals surface area contributed by atoms with E-state index >= 15 is 0 Å². The maximum atomic E-state index is 11.8. The number of hydrogen-bond donors (Lipinski definition) is 4. The van der Waals surface area contributed by atoms with Crippen LogP contribution in [-0.4, -0.2) is 21.0 Å². The van der Waals surface area contributed by atoms with Gasteiger partial charge in [-0.2, -0.15) is 0 Å². The standard InChI is InChI=1S/C11H7Cl2N3O4/c12-5-1-4(2-6(13)9(5)18)14-10(19)7-3-8(17)16-11(20)15-7/h1-3,18H,(H,14,19)(H2,15,16,17,20). The van der Waals surface area contributed by atoms with Crippen LogP contribution in [0, 0.1) is 0 Å². The van der Waals surface area contributed by atoms with Crippen LogP contribution in [0.5, 0.6) is 5.75 Å². The smallest absolute Gasteiger partial charge is 0.326 e. The predicted molar refractivity (Wildman–Crippen MR) is 73.8 cm³/mol. The number of phenolic OH excluding ortho intramolecular Hbond substituents is 1. The summed E-state index contributed by atoms with van der Waals surface area (Å²) in [6, 6.07) is 3.47. The van der Waals surface area contributed by atoms with Crippen molar-refractivity contribution in [3.8, 4) is 5.75 Å². The molecule has 104 valence electrons. The van der Waals surface area contributed by atoms with Gasteiger partial charge in [0.25, 0.3) is 11.5 Å². The second-order valence-corrected chi connectivity index (χ2v) is 4.56. The first kappa shape index (κ1) is 14.2. The summed E-state index contributed by atoms with van der Waals surface area (Å²) in [5.41, 5.74) is -1.53. The number of rotatable bonds is 2. The molecule has 0 radical (unpaired) electrons. The molecule has 1 heterocycles. The fourth-order valence-corrected chi connectivity index (χ4v) is 1.91. The second kappa shape index (κ2) is 5.40. The summed E-state index contributed by atoms with van der Waals surface area (Å²) in [6.45, 7) is 0. The molecule has 0 fully saturated rings. The third kappa shape index (κ3) is 3.01. The van der Waals surface area contributed by atoms with Gasteiger partial charge in [0.1, 0.15) is 5.69 Å². The Morgan fingerprint density at radius 2 is 1.70 bits per heavy atom. The maximum absolute atomic E-state index is 11.8. The molecule has 0 spiro atoms. The normalized spacial score (nSPS) is 10.3. The van der Waals surface area contributed by atoms with Gasteiger partial charge in [0, 0.05) is 11.8 Å². The number of carbonyl (C=O) groups is 1. The zero-order valence-electron chi connectivity index (χ0n) is 9.66. The SMILES string of the molecule is O=C(Nc1cc(Cl)c(O)c(Cl)c1)c1cc(=O)[nH]c(=O)[nH]1. The summed E-state index contributed by atoms with van der Waals surface area (Å²) < 4.78 is 0. The molecule has 20 heavy (non-hydrogen) atoms. The van der Waals surface area contributed by atoms with Crippen molar-refractivity contribution in [2.45, 2.75) is 0 Å². The van der Waals surface area contributed by atoms with Crippen LogP contribution in [0.2, 0.25) is 10.0 Å². The minimum Gasteiger partial charge on any atom is -0.505 e. The Hall–Kier alpha value is -2.25. The van der Waals surface area contributed by atoms with Crippen molar-refractivity contribution in [3.63, 3.8) is 0 Å². The molecule has 2 rings (SSSR count). The number of anilines is 1. The summed E-state index contributed by atoms with van der Waals surface area (Å²) in [5.74, 6) is -1.04. The quantitative estimate of drug-likeness (QED) is 0.626. The highest BCUT2D eigenvalue weighted by Gasteiger charge is 2.11. The van der Waals surface area contributed by atoms with Gasteiger partial charge in [-0.25, -0.2) is 4.79 Å². The summed E-state index contributed by atoms with van der Waals surface area (Å²) in [6.07, 6.45) is 0. The molecule has 7 nitrogen and oxygen atoms in total. The van der Waals surface area contributed by atoms with Crippen LogP contribution in [0.4, 0.5) is 5.69 Å². The molecule has 0 bridgehead atoms. The molecule has 0 saturated heterocycles. The molecule has 1 aromatic carbocycles. The number of halogens is 2. The molecule has 0 aliphatic rings. The largest absolute Gasteiger partial charge is 0.505 e. The molecule has 0 aliphatic carbocycles. The first-order chi connectivity index (χ1) is 9.36. The van der Waals surface area contributed by atoms with Crippen molar-refractivity contribution in [3.05, 3.63) is 54.8 Å². The Morgan fingerprint density at radius 1 is 1.10 bits per heavy atom. The van der Waals surface area contributed by atoms with Crippen molar-refractivity contribution in [2.75, 3.05) is 5.32 Å². The van der Waals surface area contributed by atoms with Gasteiger partial charge in [-0.05, 0) is 12.1 Å². The average Bonchev–Trinajstić information content (AvgIpc) is 2.34. The Balaban J connectivity index is 2.32. The molecule has 0 atom stereocenters. The van der Waals surface area contributed by atoms with Gasteiger partial charge >= 0.3 is 5.69 Å². The third-order valence-electron chi connectivity index (χ3n) is 2.28. The van der Waals surface area contributed by atoms with E-state index in [0.29, 0.717) is 0 Å². The highest BCUT2D eigenvalue weighted by atomic mass is 35.5. The van der Waals surface area contributed by atoms with Gasteiger partial charge in [0.15, 0.2) is 5.75 Å². The molecule has 2 aromatic rings. The zero-order chi connectivity index (χ0) is 14.9. The Bertz CT molecular complexity index is 745. The first-order valence-electron chi connectivity index (χ1n) is 5.20. The zero-order valence-corrected chi connectivity index (χ0v) is 11.2. The van der Waals surface area contributed by atoms with Gasteiger partial charge in [-0.15, -0.1) is 0 Å². The number of phenols is 1. The van der Waals surface area contributed by atoms with E-state index in [0.717, 1.165) is 6.07 Å². The van der Waals surface area contributed by atoms with Gasteiger partial charge in [0.2, 0.25) is 0 Å². The molecule has 4 N–H and O–H groups in total. The Kier molecular flexibility index (Phi) is 3.82. The summed E-state index contributed by atoms with van der Waals surface area (Å²) in [5, 5.41) is 11.7. The highest BCUT2D eigenvalue weighted by Crippen LogP contribution is 2.34. The fraction of sp³-hybridized carbons (Fsp3) is 0. The number of aromatic nitrogens is 2. The van der Waals surface area contributed by atoms with Gasteiger partial charge in [0.05, 0.1) is 10.0 Å². The van der Waals surface area contributed by atoms with Crippen molar-refractivity contribution < 1.29 is 9.90 Å². The van der Waals surface area contributed by atoms with Crippen molar-refractivity contribution in [2.24, 2.45) is 0 Å². The van der Waals surface area contributed by atoms with Gasteiger partial charge < -0.3 is 15.4 Å². The average molecular weight is 316 g/mol. The predicted octanol–water partition coefficient (Wildman–Crippen LogP) is 1.33. The molecular weight excluding hydrogens is 309 g/mol. The van der Waals surface area contributed by atoms with Crippen LogP contribution in [0.3, 0.4) is 0 Å². The fourth-order valence-electron chi connectivity index (χ4n) is 1.43. The number of carbonyl (C=O) groups excluding carboxylic acids is 1. The van der Waals surface area contributed by atoms with Gasteiger partial charge in [-0.3, -0.25) is 14.6 Å². The molecule has 0 saturated carbocycles. The molecular formula is C11H7Cl2N3O4. The van der Waals surface area contributed by atoms with E-state index in [1.54, 1.807) is 0 Å². The number of amides is 1. The van der Waals surface area contributed by atoms with E-state index in [1.807, 2.05) is 4.98 Å². The molecule has 9 heteroatoms. The first-order valence-corrected chi connectivity index (χ1v) is 5.95. The van der Waals surface area contributed by atoms with Crippen molar-refractivity contribution in [1.82, 2.24) is 9.97 Å². The lowest BCUT2D eigenvalue weighted by Gasteiger charge is -2.07. The van der Waals surface area contributed by atoms with Crippen LogP contribution < -0.4 is 16.6 Å². The third-order valence-corrected chi connectivity index (χ3v) is 2.86. The Labute approximate surface area is 121 Å². The molecule has 0 aliphatic heterocycles. The molecule has 0 unspecified atom stereocenters. The number of nitrogens with one attached hydrogen (secondary N) is 3. The lowest BCUT2D eigenvalue weighted by atomic mass is 10.3. The number of aromatic hydroxyl groups is 1. The topological polar surface area (TPSA) is 115 Å². The van der Waals surface area contributed by atoms with Crippen LogP contribution in [-0.2, 0) is 0 Å². The van der Waals surface area contributed by atoms with E-state index < -0.39 is 17.2 Å². The summed E-state index contributed by atoms with van der Waals surface area (Å²) in [7, 11) is 0. The highest BCUT2D eigenvalue weighted by molar-refractivity contribution is 6.37. The summed E-state index contributed by atoms with van der Waals surface area (Å²) in [4.78, 5) is 38.1. The number of hydrogen-bond acceptors (Lipinski definition) is 4. The summed E-state index contributed by atoms with van der Waals surface area (Å²) >= 11 is 11.4. The molecule has 1 amide bonds. The number of H-pyrrole nitrogens is 2. The minimum absolute atomic E-state index is 0.0489. The lowest BCUT2D eigenvalue weighted by molar-refractivity contribution is 0.102. The van der Waals surface area contributed by atoms with E-state index in [2.05, 4.69) is 10.3 Å². The van der Waals surface area contributed by atoms with E-state index in [1.165, 1.54) is 12.1 Å². The maximum Gasteiger partial charge on any atom is 0.326 e. The van der Waals surface area contributed by atoms with Crippen LogP contribution in [0.25, 0.3) is 0 Å².